The number of aromatic nitrogens is 1. The predicted octanol–water partition coefficient (Wildman–Crippen LogP) is 1.66. The summed E-state index contributed by atoms with van der Waals surface area (Å²) < 4.78 is 15.3. The minimum atomic E-state index is -0.806. The standard InChI is InChI=1S/C14H11FN2O2/c1-7-2-3-8-4-9(15)5-10-12(8)17(7)6-11(13(10)18)14(16)19/h2,4-6H,3H2,1H3,(H2,16,19). The molecular weight excluding hydrogens is 247 g/mol. The molecule has 2 N–H and O–H groups in total. The number of amides is 1. The van der Waals surface area contributed by atoms with Gasteiger partial charge in [-0.1, -0.05) is 6.08 Å². The number of allylic oxidation sites excluding steroid dienone is 2. The molecule has 0 radical (unpaired) electrons. The molecule has 19 heavy (non-hydrogen) atoms. The molecule has 0 unspecified atom stereocenters. The average Bonchev–Trinajstić information content (AvgIpc) is 2.35. The monoisotopic (exact) mass is 258 g/mol. The van der Waals surface area contributed by atoms with E-state index in [1.165, 1.54) is 12.3 Å². The van der Waals surface area contributed by atoms with E-state index in [0.29, 0.717) is 11.9 Å². The van der Waals surface area contributed by atoms with Crippen molar-refractivity contribution in [2.75, 3.05) is 0 Å². The quantitative estimate of drug-likeness (QED) is 0.845. The van der Waals surface area contributed by atoms with Crippen molar-refractivity contribution >= 4 is 22.5 Å². The number of halogens is 1. The van der Waals surface area contributed by atoms with E-state index in [1.54, 1.807) is 4.57 Å². The number of rotatable bonds is 1. The van der Waals surface area contributed by atoms with Gasteiger partial charge in [0.05, 0.1) is 10.9 Å². The molecule has 0 fully saturated rings. The molecule has 1 aromatic heterocycles. The molecule has 5 heteroatoms. The Morgan fingerprint density at radius 1 is 1.42 bits per heavy atom. The fraction of sp³-hybridized carbons (Fsp3) is 0.143. The summed E-state index contributed by atoms with van der Waals surface area (Å²) in [5.41, 5.74) is 6.82. The topological polar surface area (TPSA) is 65.1 Å². The molecule has 0 saturated heterocycles. The SMILES string of the molecule is CC1=CCc2cc(F)cc3c(=O)c(C(N)=O)cn1c23. The molecule has 2 aromatic rings. The van der Waals surface area contributed by atoms with Gasteiger partial charge in [0.25, 0.3) is 5.91 Å². The van der Waals surface area contributed by atoms with Gasteiger partial charge < -0.3 is 10.3 Å². The third-order valence-corrected chi connectivity index (χ3v) is 3.40. The van der Waals surface area contributed by atoms with Gasteiger partial charge in [-0.15, -0.1) is 0 Å². The predicted molar refractivity (Wildman–Crippen MR) is 70.3 cm³/mol. The molecule has 2 heterocycles. The zero-order valence-electron chi connectivity index (χ0n) is 10.2. The van der Waals surface area contributed by atoms with Gasteiger partial charge in [0.15, 0.2) is 0 Å². The van der Waals surface area contributed by atoms with Crippen LogP contribution in [0.5, 0.6) is 0 Å². The number of carbonyl (C=O) groups is 1. The Kier molecular flexibility index (Phi) is 2.32. The fourth-order valence-electron chi connectivity index (χ4n) is 2.48. The van der Waals surface area contributed by atoms with Crippen LogP contribution in [-0.2, 0) is 6.42 Å². The number of nitrogens with zero attached hydrogens (tertiary/aromatic N) is 1. The molecule has 96 valence electrons. The van der Waals surface area contributed by atoms with Crippen LogP contribution >= 0.6 is 0 Å². The van der Waals surface area contributed by atoms with Crippen LogP contribution in [0.25, 0.3) is 16.6 Å². The van der Waals surface area contributed by atoms with E-state index in [2.05, 4.69) is 0 Å². The van der Waals surface area contributed by atoms with Gasteiger partial charge in [0, 0.05) is 11.9 Å². The zero-order valence-corrected chi connectivity index (χ0v) is 10.2. The number of pyridine rings is 1. The second-order valence-electron chi connectivity index (χ2n) is 4.62. The van der Waals surface area contributed by atoms with Gasteiger partial charge in [0.2, 0.25) is 5.43 Å². The summed E-state index contributed by atoms with van der Waals surface area (Å²) in [6.07, 6.45) is 3.91. The second-order valence-corrected chi connectivity index (χ2v) is 4.62. The molecule has 1 amide bonds. The molecule has 1 aliphatic heterocycles. The molecule has 0 atom stereocenters. The highest BCUT2D eigenvalue weighted by Gasteiger charge is 2.19. The highest BCUT2D eigenvalue weighted by molar-refractivity contribution is 5.98. The molecule has 0 bridgehead atoms. The van der Waals surface area contributed by atoms with Crippen LogP contribution in [0.4, 0.5) is 4.39 Å². The van der Waals surface area contributed by atoms with Crippen LogP contribution in [0.3, 0.4) is 0 Å². The van der Waals surface area contributed by atoms with E-state index in [4.69, 9.17) is 5.73 Å². The minimum absolute atomic E-state index is 0.126. The summed E-state index contributed by atoms with van der Waals surface area (Å²) in [5.74, 6) is -1.29. The van der Waals surface area contributed by atoms with E-state index in [9.17, 15) is 14.0 Å². The molecule has 3 rings (SSSR count). The Morgan fingerprint density at radius 2 is 2.16 bits per heavy atom. The number of nitrogens with two attached hydrogens (primary N) is 1. The lowest BCUT2D eigenvalue weighted by Gasteiger charge is -2.20. The maximum absolute atomic E-state index is 13.6. The number of hydrogen-bond donors (Lipinski definition) is 1. The Labute approximate surface area is 108 Å². The molecule has 0 spiro atoms. The van der Waals surface area contributed by atoms with Crippen molar-refractivity contribution in [3.05, 3.63) is 51.6 Å². The molecule has 4 nitrogen and oxygen atoms in total. The Balaban J connectivity index is 2.57. The first-order chi connectivity index (χ1) is 8.99. The first-order valence-corrected chi connectivity index (χ1v) is 5.84. The van der Waals surface area contributed by atoms with Crippen molar-refractivity contribution in [3.63, 3.8) is 0 Å². The Bertz CT molecular complexity index is 818. The number of carbonyl (C=O) groups excluding carboxylic acids is 1. The van der Waals surface area contributed by atoms with Gasteiger partial charge in [-0.05, 0) is 31.0 Å². The van der Waals surface area contributed by atoms with Gasteiger partial charge in [-0.2, -0.15) is 0 Å². The number of primary amides is 1. The lowest BCUT2D eigenvalue weighted by atomic mass is 10.0. The maximum Gasteiger partial charge on any atom is 0.254 e. The average molecular weight is 258 g/mol. The van der Waals surface area contributed by atoms with Crippen LogP contribution in [0, 0.1) is 5.82 Å². The summed E-state index contributed by atoms with van der Waals surface area (Å²) in [6.45, 7) is 1.86. The van der Waals surface area contributed by atoms with Crippen LogP contribution in [0.15, 0.2) is 29.2 Å². The number of hydrogen-bond acceptors (Lipinski definition) is 2. The van der Waals surface area contributed by atoms with Gasteiger partial charge in [-0.3, -0.25) is 9.59 Å². The van der Waals surface area contributed by atoms with E-state index < -0.39 is 17.2 Å². The Morgan fingerprint density at radius 3 is 2.84 bits per heavy atom. The highest BCUT2D eigenvalue weighted by atomic mass is 19.1. The maximum atomic E-state index is 13.6. The largest absolute Gasteiger partial charge is 0.365 e. The van der Waals surface area contributed by atoms with E-state index >= 15 is 0 Å². The van der Waals surface area contributed by atoms with Crippen LogP contribution < -0.4 is 11.2 Å². The first kappa shape index (κ1) is 11.6. The molecule has 0 saturated carbocycles. The van der Waals surface area contributed by atoms with Crippen molar-refractivity contribution in [1.82, 2.24) is 4.57 Å². The third kappa shape index (κ3) is 1.58. The van der Waals surface area contributed by atoms with Gasteiger partial charge >= 0.3 is 0 Å². The summed E-state index contributed by atoms with van der Waals surface area (Å²) in [4.78, 5) is 23.5. The zero-order chi connectivity index (χ0) is 13.7. The van der Waals surface area contributed by atoms with E-state index in [1.807, 2.05) is 13.0 Å². The van der Waals surface area contributed by atoms with Crippen molar-refractivity contribution in [3.8, 4) is 0 Å². The summed E-state index contributed by atoms with van der Waals surface area (Å²) >= 11 is 0. The molecule has 1 aliphatic rings. The highest BCUT2D eigenvalue weighted by Crippen LogP contribution is 2.26. The summed E-state index contributed by atoms with van der Waals surface area (Å²) in [7, 11) is 0. The normalized spacial score (nSPS) is 13.5. The van der Waals surface area contributed by atoms with Crippen LogP contribution in [0.1, 0.15) is 22.8 Å². The number of benzene rings is 1. The third-order valence-electron chi connectivity index (χ3n) is 3.40. The first-order valence-electron chi connectivity index (χ1n) is 5.84. The molecule has 0 aliphatic carbocycles. The van der Waals surface area contributed by atoms with Gasteiger partial charge in [-0.25, -0.2) is 4.39 Å². The van der Waals surface area contributed by atoms with E-state index in [-0.39, 0.29) is 10.9 Å². The molecule has 1 aromatic carbocycles. The lowest BCUT2D eigenvalue weighted by Crippen LogP contribution is -2.25. The van der Waals surface area contributed by atoms with Crippen molar-refractivity contribution in [2.24, 2.45) is 5.73 Å². The lowest BCUT2D eigenvalue weighted by molar-refractivity contribution is 0.0999. The fourth-order valence-corrected chi connectivity index (χ4v) is 2.48. The van der Waals surface area contributed by atoms with Crippen molar-refractivity contribution in [2.45, 2.75) is 13.3 Å². The summed E-state index contributed by atoms with van der Waals surface area (Å²) in [6, 6.07) is 2.56. The van der Waals surface area contributed by atoms with Crippen molar-refractivity contribution in [1.29, 1.82) is 0 Å². The second kappa shape index (κ2) is 3.78. The smallest absolute Gasteiger partial charge is 0.254 e. The van der Waals surface area contributed by atoms with Crippen LogP contribution in [-0.4, -0.2) is 10.5 Å². The van der Waals surface area contributed by atoms with Gasteiger partial charge in [0.1, 0.15) is 11.4 Å². The van der Waals surface area contributed by atoms with Crippen molar-refractivity contribution < 1.29 is 9.18 Å². The summed E-state index contributed by atoms with van der Waals surface area (Å²) in [5, 5.41) is 0.193. The minimum Gasteiger partial charge on any atom is -0.365 e. The van der Waals surface area contributed by atoms with E-state index in [0.717, 1.165) is 17.3 Å². The molecular formula is C14H11FN2O2. The van der Waals surface area contributed by atoms with Crippen LogP contribution in [0.2, 0.25) is 0 Å². The Hall–Kier alpha value is -2.43.